The molecule has 1 aliphatic heterocycles. The number of amides is 3. The van der Waals surface area contributed by atoms with Gasteiger partial charge in [0.05, 0.1) is 6.42 Å². The Morgan fingerprint density at radius 3 is 2.85 bits per heavy atom. The van der Waals surface area contributed by atoms with Crippen LogP contribution in [0.3, 0.4) is 0 Å². The molecule has 2 rings (SSSR count). The van der Waals surface area contributed by atoms with Crippen molar-refractivity contribution in [2.24, 2.45) is 0 Å². The minimum Gasteiger partial charge on any atom is -0.327 e. The lowest BCUT2D eigenvalue weighted by Gasteiger charge is -2.19. The number of nitrogens with zero attached hydrogens (tertiary/aromatic N) is 3. The number of carbonyl (C=O) groups is 2. The van der Waals surface area contributed by atoms with Crippen molar-refractivity contribution in [1.82, 2.24) is 31.3 Å². The normalized spacial score (nSPS) is 22.3. The summed E-state index contributed by atoms with van der Waals surface area (Å²) in [6.07, 6.45) is 0.130. The monoisotopic (exact) mass is 182 g/mol. The number of aromatic amines is 1. The number of imide groups is 1. The Morgan fingerprint density at radius 1 is 1.38 bits per heavy atom. The molecule has 8 heteroatoms. The lowest BCUT2D eigenvalue weighted by molar-refractivity contribution is -0.121. The summed E-state index contributed by atoms with van der Waals surface area (Å²) in [5.74, 6) is -0.0400. The highest BCUT2D eigenvalue weighted by Gasteiger charge is 2.27. The Morgan fingerprint density at radius 2 is 2.23 bits per heavy atom. The van der Waals surface area contributed by atoms with Crippen molar-refractivity contribution in [2.45, 2.75) is 12.5 Å². The van der Waals surface area contributed by atoms with Gasteiger partial charge in [-0.25, -0.2) is 4.79 Å². The maximum Gasteiger partial charge on any atom is 0.322 e. The first-order chi connectivity index (χ1) is 6.25. The van der Waals surface area contributed by atoms with Crippen LogP contribution in [0, 0.1) is 0 Å². The summed E-state index contributed by atoms with van der Waals surface area (Å²) in [6, 6.07) is -1.02. The summed E-state index contributed by atoms with van der Waals surface area (Å²) < 4.78 is 0. The molecule has 0 saturated carbocycles. The van der Waals surface area contributed by atoms with E-state index in [4.69, 9.17) is 0 Å². The van der Waals surface area contributed by atoms with Gasteiger partial charge < -0.3 is 5.32 Å². The SMILES string of the molecule is O=C1CC(c2nn[nH]n2)NC(=O)N1. The van der Waals surface area contributed by atoms with Gasteiger partial charge in [-0.1, -0.05) is 5.21 Å². The van der Waals surface area contributed by atoms with Crippen LogP contribution in [0.1, 0.15) is 18.3 Å². The van der Waals surface area contributed by atoms with E-state index in [1.807, 2.05) is 0 Å². The predicted molar refractivity (Wildman–Crippen MR) is 38.2 cm³/mol. The Bertz CT molecular complexity index is 317. The molecule has 1 fully saturated rings. The Kier molecular flexibility index (Phi) is 1.65. The number of rotatable bonds is 1. The van der Waals surface area contributed by atoms with Crippen LogP contribution in [0.25, 0.3) is 0 Å². The van der Waals surface area contributed by atoms with E-state index in [0.717, 1.165) is 0 Å². The van der Waals surface area contributed by atoms with E-state index in [2.05, 4.69) is 31.3 Å². The number of hydrogen-bond acceptors (Lipinski definition) is 5. The summed E-state index contributed by atoms with van der Waals surface area (Å²) in [4.78, 5) is 21.8. The van der Waals surface area contributed by atoms with E-state index in [1.165, 1.54) is 0 Å². The van der Waals surface area contributed by atoms with Gasteiger partial charge >= 0.3 is 6.03 Å². The van der Waals surface area contributed by atoms with Gasteiger partial charge in [-0.15, -0.1) is 10.2 Å². The number of H-pyrrole nitrogens is 1. The average molecular weight is 182 g/mol. The molecule has 0 aliphatic carbocycles. The van der Waals surface area contributed by atoms with Crippen LogP contribution < -0.4 is 10.6 Å². The maximum absolute atomic E-state index is 10.9. The fourth-order valence-corrected chi connectivity index (χ4v) is 1.08. The number of hydrogen-bond donors (Lipinski definition) is 3. The van der Waals surface area contributed by atoms with E-state index < -0.39 is 12.1 Å². The highest BCUT2D eigenvalue weighted by Crippen LogP contribution is 2.12. The second-order valence-corrected chi connectivity index (χ2v) is 2.55. The number of aromatic nitrogens is 4. The Balaban J connectivity index is 2.16. The van der Waals surface area contributed by atoms with Crippen LogP contribution in [0.4, 0.5) is 4.79 Å². The third-order valence-electron chi connectivity index (χ3n) is 1.62. The number of nitrogens with one attached hydrogen (secondary N) is 3. The van der Waals surface area contributed by atoms with Gasteiger partial charge in [-0.2, -0.15) is 5.21 Å². The van der Waals surface area contributed by atoms with Gasteiger partial charge in [0.15, 0.2) is 5.82 Å². The third-order valence-corrected chi connectivity index (χ3v) is 1.62. The van der Waals surface area contributed by atoms with Crippen LogP contribution in [0.2, 0.25) is 0 Å². The molecule has 2 heterocycles. The third kappa shape index (κ3) is 1.45. The Labute approximate surface area is 72.1 Å². The zero-order valence-corrected chi connectivity index (χ0v) is 6.44. The van der Waals surface area contributed by atoms with Crippen molar-refractivity contribution < 1.29 is 9.59 Å². The average Bonchev–Trinajstić information content (AvgIpc) is 2.53. The molecule has 8 nitrogen and oxygen atoms in total. The van der Waals surface area contributed by atoms with E-state index >= 15 is 0 Å². The van der Waals surface area contributed by atoms with Gasteiger partial charge in [-0.05, 0) is 0 Å². The number of carbonyl (C=O) groups excluding carboxylic acids is 2. The minimum atomic E-state index is -0.536. The van der Waals surface area contributed by atoms with Gasteiger partial charge in [0.25, 0.3) is 0 Å². The molecule has 0 bridgehead atoms. The molecule has 13 heavy (non-hydrogen) atoms. The summed E-state index contributed by atoms with van der Waals surface area (Å²) in [5.41, 5.74) is 0. The summed E-state index contributed by atoms with van der Waals surface area (Å²) in [5, 5.41) is 17.5. The van der Waals surface area contributed by atoms with Crippen LogP contribution >= 0.6 is 0 Å². The van der Waals surface area contributed by atoms with Crippen LogP contribution in [0.15, 0.2) is 0 Å². The standard InChI is InChI=1S/C5H6N6O2/c12-3-1-2(6-5(13)7-3)4-8-10-11-9-4/h2H,1H2,(H2,6,7,12,13)(H,8,9,10,11). The lowest BCUT2D eigenvalue weighted by atomic mass is 10.1. The number of urea groups is 1. The first kappa shape index (κ1) is 7.65. The quantitative estimate of drug-likeness (QED) is 0.487. The van der Waals surface area contributed by atoms with Gasteiger partial charge in [0.1, 0.15) is 6.04 Å². The minimum absolute atomic E-state index is 0.130. The Hall–Kier alpha value is -1.99. The summed E-state index contributed by atoms with van der Waals surface area (Å²) in [6.45, 7) is 0. The molecule has 3 amide bonds. The molecule has 1 aromatic heterocycles. The van der Waals surface area contributed by atoms with Crippen molar-refractivity contribution in [2.75, 3.05) is 0 Å². The van der Waals surface area contributed by atoms with Crippen LogP contribution in [-0.2, 0) is 4.79 Å². The van der Waals surface area contributed by atoms with E-state index in [0.29, 0.717) is 5.82 Å². The first-order valence-corrected chi connectivity index (χ1v) is 3.59. The molecular weight excluding hydrogens is 176 g/mol. The van der Waals surface area contributed by atoms with Crippen molar-refractivity contribution in [1.29, 1.82) is 0 Å². The maximum atomic E-state index is 10.9. The smallest absolute Gasteiger partial charge is 0.322 e. The molecule has 1 saturated heterocycles. The number of tetrazole rings is 1. The summed E-state index contributed by atoms with van der Waals surface area (Å²) >= 11 is 0. The van der Waals surface area contributed by atoms with Crippen molar-refractivity contribution in [3.05, 3.63) is 5.82 Å². The molecule has 1 unspecified atom stereocenters. The van der Waals surface area contributed by atoms with Crippen molar-refractivity contribution in [3.8, 4) is 0 Å². The second-order valence-electron chi connectivity index (χ2n) is 2.55. The molecule has 68 valence electrons. The zero-order chi connectivity index (χ0) is 9.26. The lowest BCUT2D eigenvalue weighted by Crippen LogP contribution is -2.48. The fraction of sp³-hybridized carbons (Fsp3) is 0.400. The van der Waals surface area contributed by atoms with Gasteiger partial charge in [0, 0.05) is 0 Å². The molecule has 3 N–H and O–H groups in total. The van der Waals surface area contributed by atoms with Crippen molar-refractivity contribution >= 4 is 11.9 Å². The van der Waals surface area contributed by atoms with E-state index in [-0.39, 0.29) is 12.3 Å². The molecule has 1 aromatic rings. The molecule has 0 radical (unpaired) electrons. The second kappa shape index (κ2) is 2.81. The highest BCUT2D eigenvalue weighted by molar-refractivity contribution is 5.97. The molecule has 1 atom stereocenters. The largest absolute Gasteiger partial charge is 0.327 e. The van der Waals surface area contributed by atoms with E-state index in [1.54, 1.807) is 0 Å². The molecular formula is C5H6N6O2. The highest BCUT2D eigenvalue weighted by atomic mass is 16.2. The van der Waals surface area contributed by atoms with Crippen LogP contribution in [-0.4, -0.2) is 32.6 Å². The molecule has 0 aromatic carbocycles. The topological polar surface area (TPSA) is 113 Å². The van der Waals surface area contributed by atoms with Gasteiger partial charge in [0.2, 0.25) is 5.91 Å². The summed E-state index contributed by atoms with van der Waals surface area (Å²) in [7, 11) is 0. The predicted octanol–water partition coefficient (Wildman–Crippen LogP) is -1.53. The molecule has 0 spiro atoms. The van der Waals surface area contributed by atoms with E-state index in [9.17, 15) is 9.59 Å². The van der Waals surface area contributed by atoms with Gasteiger partial charge in [-0.3, -0.25) is 10.1 Å². The first-order valence-electron chi connectivity index (χ1n) is 3.59. The molecule has 1 aliphatic rings. The van der Waals surface area contributed by atoms with Crippen LogP contribution in [0.5, 0.6) is 0 Å². The van der Waals surface area contributed by atoms with Crippen molar-refractivity contribution in [3.63, 3.8) is 0 Å². The fourth-order valence-electron chi connectivity index (χ4n) is 1.08. The zero-order valence-electron chi connectivity index (χ0n) is 6.44.